The van der Waals surface area contributed by atoms with Gasteiger partial charge in [-0.15, -0.1) is 10.2 Å². The van der Waals surface area contributed by atoms with Crippen LogP contribution in [-0.4, -0.2) is 26.4 Å². The lowest BCUT2D eigenvalue weighted by molar-refractivity contribution is -0.113. The summed E-state index contributed by atoms with van der Waals surface area (Å²) in [5.41, 5.74) is 0.655. The number of nitrogens with one attached hydrogen (secondary N) is 1. The maximum Gasteiger partial charge on any atom is 0.234 e. The number of halogens is 2. The third-order valence-corrected chi connectivity index (χ3v) is 5.52. The summed E-state index contributed by atoms with van der Waals surface area (Å²) in [6.07, 6.45) is -0.350. The normalized spacial score (nSPS) is 11.9. The number of rotatable bonds is 8. The minimum Gasteiger partial charge on any atom is -0.481 e. The number of benzene rings is 2. The first kappa shape index (κ1) is 21.5. The molecule has 6 nitrogen and oxygen atoms in total. The minimum atomic E-state index is -0.350. The quantitative estimate of drug-likeness (QED) is 0.460. The van der Waals surface area contributed by atoms with E-state index >= 15 is 0 Å². The van der Waals surface area contributed by atoms with Gasteiger partial charge in [0.05, 0.1) is 10.8 Å². The third-order valence-electron chi connectivity index (χ3n) is 4.01. The Morgan fingerprint density at radius 3 is 2.72 bits per heavy atom. The molecule has 0 saturated carbocycles. The van der Waals surface area contributed by atoms with Crippen LogP contribution in [0.4, 0.5) is 5.69 Å². The fraction of sp³-hybridized carbons (Fsp3) is 0.250. The van der Waals surface area contributed by atoms with E-state index in [1.807, 2.05) is 30.5 Å². The topological polar surface area (TPSA) is 69.0 Å². The summed E-state index contributed by atoms with van der Waals surface area (Å²) in [7, 11) is 0. The van der Waals surface area contributed by atoms with E-state index in [9.17, 15) is 4.79 Å². The van der Waals surface area contributed by atoms with Gasteiger partial charge in [0.25, 0.3) is 0 Å². The number of para-hydroxylation sites is 1. The summed E-state index contributed by atoms with van der Waals surface area (Å²) >= 11 is 13.4. The molecule has 0 aliphatic carbocycles. The first-order valence-corrected chi connectivity index (χ1v) is 10.7. The van der Waals surface area contributed by atoms with Crippen molar-refractivity contribution in [3.05, 3.63) is 64.4 Å². The van der Waals surface area contributed by atoms with Crippen molar-refractivity contribution in [3.8, 4) is 5.75 Å². The van der Waals surface area contributed by atoms with Crippen molar-refractivity contribution >= 4 is 46.6 Å². The van der Waals surface area contributed by atoms with Gasteiger partial charge in [-0.25, -0.2) is 0 Å². The van der Waals surface area contributed by atoms with E-state index in [0.29, 0.717) is 39.0 Å². The average molecular weight is 451 g/mol. The van der Waals surface area contributed by atoms with E-state index in [1.54, 1.807) is 36.4 Å². The predicted octanol–water partition coefficient (Wildman–Crippen LogP) is 5.48. The van der Waals surface area contributed by atoms with Crippen LogP contribution in [0.1, 0.15) is 25.8 Å². The van der Waals surface area contributed by atoms with E-state index in [0.717, 1.165) is 0 Å². The minimum absolute atomic E-state index is 0.148. The number of ether oxygens (including phenoxy) is 1. The Morgan fingerprint density at radius 1 is 1.21 bits per heavy atom. The number of aromatic nitrogens is 3. The molecule has 1 unspecified atom stereocenters. The van der Waals surface area contributed by atoms with Crippen molar-refractivity contribution in [1.82, 2.24) is 14.8 Å². The average Bonchev–Trinajstić information content (AvgIpc) is 3.11. The van der Waals surface area contributed by atoms with Crippen LogP contribution in [0.5, 0.6) is 5.75 Å². The largest absolute Gasteiger partial charge is 0.481 e. The molecule has 0 spiro atoms. The lowest BCUT2D eigenvalue weighted by atomic mass is 10.3. The van der Waals surface area contributed by atoms with Crippen LogP contribution >= 0.6 is 35.0 Å². The highest BCUT2D eigenvalue weighted by molar-refractivity contribution is 7.99. The molecule has 2 aromatic carbocycles. The second kappa shape index (κ2) is 10.0. The lowest BCUT2D eigenvalue weighted by Gasteiger charge is -2.16. The number of carbonyl (C=O) groups excluding carboxylic acids is 1. The summed E-state index contributed by atoms with van der Waals surface area (Å²) < 4.78 is 7.88. The highest BCUT2D eigenvalue weighted by Crippen LogP contribution is 2.29. The molecule has 29 heavy (non-hydrogen) atoms. The molecule has 9 heteroatoms. The van der Waals surface area contributed by atoms with E-state index in [2.05, 4.69) is 15.5 Å². The molecule has 1 atom stereocenters. The molecule has 1 amide bonds. The third kappa shape index (κ3) is 5.65. The zero-order chi connectivity index (χ0) is 20.8. The molecule has 1 heterocycles. The number of hydrogen-bond donors (Lipinski definition) is 1. The predicted molar refractivity (Wildman–Crippen MR) is 117 cm³/mol. The number of amides is 1. The maximum atomic E-state index is 12.2. The first-order valence-electron chi connectivity index (χ1n) is 9.00. The van der Waals surface area contributed by atoms with Gasteiger partial charge in [0.2, 0.25) is 5.91 Å². The van der Waals surface area contributed by atoms with Crippen molar-refractivity contribution in [2.75, 3.05) is 11.1 Å². The van der Waals surface area contributed by atoms with E-state index in [4.69, 9.17) is 27.9 Å². The van der Waals surface area contributed by atoms with Crippen LogP contribution in [0.3, 0.4) is 0 Å². The molecule has 0 fully saturated rings. The Morgan fingerprint density at radius 2 is 2.00 bits per heavy atom. The van der Waals surface area contributed by atoms with Gasteiger partial charge in [0, 0.05) is 17.3 Å². The molecule has 0 aliphatic rings. The number of hydrogen-bond acceptors (Lipinski definition) is 5. The number of nitrogens with zero attached hydrogens (tertiary/aromatic N) is 3. The van der Waals surface area contributed by atoms with Gasteiger partial charge >= 0.3 is 0 Å². The molecular weight excluding hydrogens is 431 g/mol. The number of anilines is 1. The van der Waals surface area contributed by atoms with Crippen LogP contribution in [-0.2, 0) is 11.3 Å². The van der Waals surface area contributed by atoms with Gasteiger partial charge in [-0.1, -0.05) is 53.2 Å². The van der Waals surface area contributed by atoms with E-state index < -0.39 is 0 Å². The number of thioether (sulfide) groups is 1. The first-order chi connectivity index (χ1) is 14.0. The summed E-state index contributed by atoms with van der Waals surface area (Å²) in [6.45, 7) is 4.53. The van der Waals surface area contributed by atoms with Crippen molar-refractivity contribution in [2.24, 2.45) is 0 Å². The molecule has 0 aliphatic heterocycles. The molecule has 1 N–H and O–H groups in total. The van der Waals surface area contributed by atoms with Gasteiger partial charge in [0.1, 0.15) is 5.75 Å². The van der Waals surface area contributed by atoms with Gasteiger partial charge < -0.3 is 14.6 Å². The summed E-state index contributed by atoms with van der Waals surface area (Å²) in [5, 5.41) is 13.1. The molecule has 3 aromatic rings. The zero-order valence-electron chi connectivity index (χ0n) is 15.9. The standard InChI is InChI=1S/C20H20Cl2N4O2S/c1-3-26-19(13(2)28-17-10-5-4-9-16(17)22)24-25-20(26)29-12-18(27)23-15-8-6-7-14(21)11-15/h4-11,13H,3,12H2,1-2H3,(H,23,27). The summed E-state index contributed by atoms with van der Waals surface area (Å²) in [4.78, 5) is 12.2. The van der Waals surface area contributed by atoms with Crippen molar-refractivity contribution < 1.29 is 9.53 Å². The Hall–Kier alpha value is -2.22. The lowest BCUT2D eigenvalue weighted by Crippen LogP contribution is -2.15. The van der Waals surface area contributed by atoms with Crippen LogP contribution in [0.15, 0.2) is 53.7 Å². The molecule has 0 bridgehead atoms. The van der Waals surface area contributed by atoms with Crippen molar-refractivity contribution in [3.63, 3.8) is 0 Å². The van der Waals surface area contributed by atoms with Crippen LogP contribution < -0.4 is 10.1 Å². The fourth-order valence-corrected chi connectivity index (χ4v) is 3.86. The Bertz CT molecular complexity index is 996. The van der Waals surface area contributed by atoms with Gasteiger partial charge in [-0.05, 0) is 44.2 Å². The number of carbonyl (C=O) groups is 1. The van der Waals surface area contributed by atoms with Gasteiger partial charge in [0.15, 0.2) is 17.1 Å². The van der Waals surface area contributed by atoms with Crippen LogP contribution in [0.2, 0.25) is 10.0 Å². The monoisotopic (exact) mass is 450 g/mol. The second-order valence-electron chi connectivity index (χ2n) is 6.12. The Labute approximate surface area is 183 Å². The smallest absolute Gasteiger partial charge is 0.234 e. The molecular formula is C20H20Cl2N4O2S. The zero-order valence-corrected chi connectivity index (χ0v) is 18.3. The van der Waals surface area contributed by atoms with Crippen molar-refractivity contribution in [2.45, 2.75) is 31.7 Å². The highest BCUT2D eigenvalue weighted by atomic mass is 35.5. The summed E-state index contributed by atoms with van der Waals surface area (Å²) in [5.74, 6) is 1.31. The molecule has 152 valence electrons. The van der Waals surface area contributed by atoms with Gasteiger partial charge in [-0.2, -0.15) is 0 Å². The van der Waals surface area contributed by atoms with Gasteiger partial charge in [-0.3, -0.25) is 4.79 Å². The molecule has 3 rings (SSSR count). The Kier molecular flexibility index (Phi) is 7.41. The highest BCUT2D eigenvalue weighted by Gasteiger charge is 2.20. The SMILES string of the molecule is CCn1c(SCC(=O)Nc2cccc(Cl)c2)nnc1C(C)Oc1ccccc1Cl. The maximum absolute atomic E-state index is 12.2. The molecule has 0 radical (unpaired) electrons. The second-order valence-corrected chi connectivity index (χ2v) is 7.91. The van der Waals surface area contributed by atoms with Crippen molar-refractivity contribution in [1.29, 1.82) is 0 Å². The molecule has 1 aromatic heterocycles. The van der Waals surface area contributed by atoms with Crippen LogP contribution in [0, 0.1) is 0 Å². The Balaban J connectivity index is 1.64. The van der Waals surface area contributed by atoms with Crippen LogP contribution in [0.25, 0.3) is 0 Å². The molecule has 0 saturated heterocycles. The van der Waals surface area contributed by atoms with E-state index in [1.165, 1.54) is 11.8 Å². The van der Waals surface area contributed by atoms with E-state index in [-0.39, 0.29) is 17.8 Å². The fourth-order valence-electron chi connectivity index (χ4n) is 2.68. The summed E-state index contributed by atoms with van der Waals surface area (Å²) in [6, 6.07) is 14.3.